The molecular formula is C64H114O6. The molecule has 0 fully saturated rings. The van der Waals surface area contributed by atoms with Crippen molar-refractivity contribution in [2.24, 2.45) is 0 Å². The number of hydrogen-bond acceptors (Lipinski definition) is 6. The number of hydrogen-bond donors (Lipinski definition) is 0. The fourth-order valence-corrected chi connectivity index (χ4v) is 8.60. The van der Waals surface area contributed by atoms with Crippen LogP contribution >= 0.6 is 0 Å². The summed E-state index contributed by atoms with van der Waals surface area (Å²) in [7, 11) is 0. The summed E-state index contributed by atoms with van der Waals surface area (Å²) in [6.07, 6.45) is 73.5. The van der Waals surface area contributed by atoms with Crippen LogP contribution in [0.2, 0.25) is 0 Å². The van der Waals surface area contributed by atoms with Crippen molar-refractivity contribution in [3.05, 3.63) is 60.8 Å². The lowest BCUT2D eigenvalue weighted by molar-refractivity contribution is -0.167. The van der Waals surface area contributed by atoms with Gasteiger partial charge in [-0.1, -0.05) is 248 Å². The molecule has 0 aromatic heterocycles. The maximum Gasteiger partial charge on any atom is 0.306 e. The predicted octanol–water partition coefficient (Wildman–Crippen LogP) is 20.4. The van der Waals surface area contributed by atoms with Gasteiger partial charge < -0.3 is 14.2 Å². The monoisotopic (exact) mass is 979 g/mol. The van der Waals surface area contributed by atoms with Gasteiger partial charge in [0.25, 0.3) is 0 Å². The average Bonchev–Trinajstić information content (AvgIpc) is 3.36. The zero-order chi connectivity index (χ0) is 50.7. The Hall–Kier alpha value is -2.89. The predicted molar refractivity (Wildman–Crippen MR) is 302 cm³/mol. The second kappa shape index (κ2) is 58.7. The Morgan fingerprint density at radius 3 is 0.871 bits per heavy atom. The summed E-state index contributed by atoms with van der Waals surface area (Å²) in [5.41, 5.74) is 0. The summed E-state index contributed by atoms with van der Waals surface area (Å²) in [5.74, 6) is -0.891. The standard InChI is InChI=1S/C64H114O6/c1-4-7-10-13-16-19-22-25-28-30-32-34-36-39-42-45-48-51-54-57-63(66)69-60-61(59-68-62(65)56-53-50-47-44-41-38-27-24-21-18-15-12-9-6-3)70-64(67)58-55-52-49-46-43-40-37-35-33-31-29-26-23-20-17-14-11-8-5-2/h15-16,18-19,24-25,27-28,31,33,61H,4-14,17,20-23,26,29-30,32,34-60H2,1-3H3/b18-15-,19-16-,27-24-,28-25-,33-31-/t61-/m1/s1. The Bertz CT molecular complexity index is 1260. The molecule has 0 bridgehead atoms. The van der Waals surface area contributed by atoms with Gasteiger partial charge in [-0.3, -0.25) is 14.4 Å². The van der Waals surface area contributed by atoms with E-state index < -0.39 is 6.10 Å². The Morgan fingerprint density at radius 2 is 0.529 bits per heavy atom. The highest BCUT2D eigenvalue weighted by atomic mass is 16.6. The van der Waals surface area contributed by atoms with Crippen LogP contribution in [0.15, 0.2) is 60.8 Å². The lowest BCUT2D eigenvalue weighted by Crippen LogP contribution is -2.30. The molecule has 0 N–H and O–H groups in total. The highest BCUT2D eigenvalue weighted by Gasteiger charge is 2.19. The van der Waals surface area contributed by atoms with Gasteiger partial charge in [0.2, 0.25) is 0 Å². The highest BCUT2D eigenvalue weighted by molar-refractivity contribution is 5.71. The summed E-state index contributed by atoms with van der Waals surface area (Å²) < 4.78 is 16.9. The van der Waals surface area contributed by atoms with E-state index in [1.807, 2.05) is 0 Å². The summed E-state index contributed by atoms with van der Waals surface area (Å²) >= 11 is 0. The molecule has 0 rings (SSSR count). The van der Waals surface area contributed by atoms with Gasteiger partial charge in [-0.05, 0) is 103 Å². The molecule has 0 heterocycles. The van der Waals surface area contributed by atoms with E-state index in [9.17, 15) is 14.4 Å². The number of unbranched alkanes of at least 4 members (excludes halogenated alkanes) is 34. The molecule has 0 unspecified atom stereocenters. The number of rotatable bonds is 55. The van der Waals surface area contributed by atoms with E-state index in [0.29, 0.717) is 19.3 Å². The zero-order valence-electron chi connectivity index (χ0n) is 46.5. The third-order valence-corrected chi connectivity index (χ3v) is 13.2. The highest BCUT2D eigenvalue weighted by Crippen LogP contribution is 2.16. The molecule has 0 saturated carbocycles. The van der Waals surface area contributed by atoms with Crippen molar-refractivity contribution >= 4 is 17.9 Å². The minimum atomic E-state index is -0.784. The second-order valence-electron chi connectivity index (χ2n) is 20.2. The van der Waals surface area contributed by atoms with Gasteiger partial charge in [0.15, 0.2) is 6.10 Å². The first-order valence-corrected chi connectivity index (χ1v) is 30.3. The number of carbonyl (C=O) groups excluding carboxylic acids is 3. The molecule has 0 aliphatic rings. The molecule has 0 aliphatic heterocycles. The quantitative estimate of drug-likeness (QED) is 0.0261. The van der Waals surface area contributed by atoms with Crippen LogP contribution in [0.5, 0.6) is 0 Å². The molecule has 70 heavy (non-hydrogen) atoms. The van der Waals surface area contributed by atoms with Gasteiger partial charge in [0.05, 0.1) is 0 Å². The van der Waals surface area contributed by atoms with Crippen LogP contribution in [-0.2, 0) is 28.6 Å². The minimum absolute atomic E-state index is 0.0816. The Balaban J connectivity index is 4.37. The van der Waals surface area contributed by atoms with Crippen molar-refractivity contribution in [3.8, 4) is 0 Å². The maximum absolute atomic E-state index is 12.9. The van der Waals surface area contributed by atoms with Gasteiger partial charge >= 0.3 is 17.9 Å². The summed E-state index contributed by atoms with van der Waals surface area (Å²) in [6, 6.07) is 0. The summed E-state index contributed by atoms with van der Waals surface area (Å²) in [6.45, 7) is 6.59. The molecule has 0 aromatic carbocycles. The van der Waals surface area contributed by atoms with Gasteiger partial charge in [0, 0.05) is 19.3 Å². The summed E-state index contributed by atoms with van der Waals surface area (Å²) in [5, 5.41) is 0. The zero-order valence-corrected chi connectivity index (χ0v) is 46.5. The van der Waals surface area contributed by atoms with Crippen molar-refractivity contribution in [2.75, 3.05) is 13.2 Å². The second-order valence-corrected chi connectivity index (χ2v) is 20.2. The SMILES string of the molecule is CCCC/C=C\C/C=C\CCCCCCCC(=O)OC[C@H](COC(=O)CCCCCCCCCCC/C=C\C/C=C\CCCCC)OC(=O)CCCCCCCCC/C=C\CCCCCCCCCC. The molecule has 0 amide bonds. The average molecular weight is 980 g/mol. The van der Waals surface area contributed by atoms with Crippen LogP contribution in [0.4, 0.5) is 0 Å². The first kappa shape index (κ1) is 67.1. The Morgan fingerprint density at radius 1 is 0.286 bits per heavy atom. The normalized spacial score (nSPS) is 12.4. The third-order valence-electron chi connectivity index (χ3n) is 13.2. The van der Waals surface area contributed by atoms with Crippen molar-refractivity contribution < 1.29 is 28.6 Å². The largest absolute Gasteiger partial charge is 0.462 e. The van der Waals surface area contributed by atoms with E-state index in [-0.39, 0.29) is 31.1 Å². The number of esters is 3. The van der Waals surface area contributed by atoms with E-state index in [1.54, 1.807) is 0 Å². The third kappa shape index (κ3) is 56.0. The van der Waals surface area contributed by atoms with Gasteiger partial charge in [-0.15, -0.1) is 0 Å². The van der Waals surface area contributed by atoms with Crippen LogP contribution in [0.25, 0.3) is 0 Å². The smallest absolute Gasteiger partial charge is 0.306 e. The maximum atomic E-state index is 12.9. The number of allylic oxidation sites excluding steroid dienone is 10. The first-order chi connectivity index (χ1) is 34.5. The molecular weight excluding hydrogens is 865 g/mol. The fraction of sp³-hybridized carbons (Fsp3) is 0.797. The Kier molecular flexibility index (Phi) is 56.3. The Labute approximate surface area is 434 Å². The lowest BCUT2D eigenvalue weighted by atomic mass is 10.1. The van der Waals surface area contributed by atoms with E-state index in [0.717, 1.165) is 83.5 Å². The molecule has 0 radical (unpaired) electrons. The van der Waals surface area contributed by atoms with Crippen LogP contribution in [0.3, 0.4) is 0 Å². The molecule has 0 aromatic rings. The van der Waals surface area contributed by atoms with Gasteiger partial charge in [0.1, 0.15) is 13.2 Å². The van der Waals surface area contributed by atoms with Gasteiger partial charge in [-0.2, -0.15) is 0 Å². The topological polar surface area (TPSA) is 78.9 Å². The molecule has 0 saturated heterocycles. The lowest BCUT2D eigenvalue weighted by Gasteiger charge is -2.18. The van der Waals surface area contributed by atoms with Crippen LogP contribution in [0, 0.1) is 0 Å². The van der Waals surface area contributed by atoms with Crippen molar-refractivity contribution in [2.45, 2.75) is 316 Å². The molecule has 406 valence electrons. The fourth-order valence-electron chi connectivity index (χ4n) is 8.60. The van der Waals surface area contributed by atoms with E-state index in [1.165, 1.54) is 186 Å². The number of ether oxygens (including phenoxy) is 3. The molecule has 1 atom stereocenters. The van der Waals surface area contributed by atoms with Crippen molar-refractivity contribution in [1.82, 2.24) is 0 Å². The van der Waals surface area contributed by atoms with E-state index in [2.05, 4.69) is 81.5 Å². The van der Waals surface area contributed by atoms with E-state index >= 15 is 0 Å². The van der Waals surface area contributed by atoms with E-state index in [4.69, 9.17) is 14.2 Å². The van der Waals surface area contributed by atoms with Crippen LogP contribution in [-0.4, -0.2) is 37.2 Å². The molecule has 6 heteroatoms. The summed E-state index contributed by atoms with van der Waals surface area (Å²) in [4.78, 5) is 38.2. The minimum Gasteiger partial charge on any atom is -0.462 e. The van der Waals surface area contributed by atoms with Crippen LogP contribution in [0.1, 0.15) is 310 Å². The number of carbonyl (C=O) groups is 3. The molecule has 6 nitrogen and oxygen atoms in total. The molecule has 0 spiro atoms. The van der Waals surface area contributed by atoms with Crippen molar-refractivity contribution in [1.29, 1.82) is 0 Å². The van der Waals surface area contributed by atoms with Gasteiger partial charge in [-0.25, -0.2) is 0 Å². The van der Waals surface area contributed by atoms with Crippen LogP contribution < -0.4 is 0 Å². The first-order valence-electron chi connectivity index (χ1n) is 30.3. The molecule has 0 aliphatic carbocycles. The van der Waals surface area contributed by atoms with Crippen molar-refractivity contribution in [3.63, 3.8) is 0 Å².